The monoisotopic (exact) mass is 353 g/mol. The summed E-state index contributed by atoms with van der Waals surface area (Å²) in [6, 6.07) is 13.0. The van der Waals surface area contributed by atoms with E-state index in [0.717, 1.165) is 22.6 Å². The smallest absolute Gasteiger partial charge is 0.237 e. The van der Waals surface area contributed by atoms with E-state index in [-0.39, 0.29) is 11.2 Å². The van der Waals surface area contributed by atoms with Crippen LogP contribution in [0.1, 0.15) is 18.9 Å². The number of benzene rings is 2. The predicted octanol–water partition coefficient (Wildman–Crippen LogP) is 5.81. The molecule has 0 saturated carbocycles. The van der Waals surface area contributed by atoms with E-state index in [0.29, 0.717) is 10.0 Å². The van der Waals surface area contributed by atoms with Crippen LogP contribution in [0.5, 0.6) is 0 Å². The van der Waals surface area contributed by atoms with E-state index in [2.05, 4.69) is 5.32 Å². The Morgan fingerprint density at radius 3 is 2.50 bits per heavy atom. The van der Waals surface area contributed by atoms with Crippen molar-refractivity contribution in [2.75, 3.05) is 5.32 Å². The molecule has 2 aromatic rings. The third-order valence-corrected chi connectivity index (χ3v) is 5.32. The second kappa shape index (κ2) is 7.91. The van der Waals surface area contributed by atoms with Gasteiger partial charge in [-0.1, -0.05) is 36.2 Å². The quantitative estimate of drug-likeness (QED) is 0.687. The highest BCUT2D eigenvalue weighted by Crippen LogP contribution is 2.29. The molecule has 2 rings (SSSR count). The van der Waals surface area contributed by atoms with Gasteiger partial charge in [0.2, 0.25) is 5.91 Å². The average Bonchev–Trinajstić information content (AvgIpc) is 2.51. The van der Waals surface area contributed by atoms with Gasteiger partial charge in [0, 0.05) is 20.6 Å². The topological polar surface area (TPSA) is 29.1 Å². The predicted molar refractivity (Wildman–Crippen MR) is 96.2 cm³/mol. The Morgan fingerprint density at radius 1 is 1.18 bits per heavy atom. The molecule has 0 bridgehead atoms. The number of thioether (sulfide) groups is 1. The highest BCUT2D eigenvalue weighted by molar-refractivity contribution is 8.00. The van der Waals surface area contributed by atoms with Gasteiger partial charge in [0.15, 0.2) is 0 Å². The van der Waals surface area contributed by atoms with Crippen LogP contribution in [0.15, 0.2) is 47.4 Å². The number of carbonyl (C=O) groups is 1. The van der Waals surface area contributed by atoms with E-state index in [1.54, 1.807) is 0 Å². The van der Waals surface area contributed by atoms with E-state index in [4.69, 9.17) is 23.2 Å². The van der Waals surface area contributed by atoms with Crippen LogP contribution in [0, 0.1) is 6.92 Å². The maximum atomic E-state index is 12.5. The molecule has 1 atom stereocenters. The van der Waals surface area contributed by atoms with E-state index in [1.807, 2.05) is 56.3 Å². The van der Waals surface area contributed by atoms with Gasteiger partial charge >= 0.3 is 0 Å². The SMILES string of the molecule is CC[C@H](Sc1ccc(Cl)cc1)C(=O)Nc1cccc(Cl)c1C. The highest BCUT2D eigenvalue weighted by Gasteiger charge is 2.19. The molecule has 22 heavy (non-hydrogen) atoms. The Hall–Kier alpha value is -1.16. The van der Waals surface area contributed by atoms with E-state index < -0.39 is 0 Å². The summed E-state index contributed by atoms with van der Waals surface area (Å²) in [5, 5.41) is 4.14. The fourth-order valence-electron chi connectivity index (χ4n) is 1.96. The van der Waals surface area contributed by atoms with Crippen LogP contribution in [0.4, 0.5) is 5.69 Å². The van der Waals surface area contributed by atoms with Gasteiger partial charge in [0.05, 0.1) is 5.25 Å². The third kappa shape index (κ3) is 4.42. The van der Waals surface area contributed by atoms with E-state index in [1.165, 1.54) is 11.8 Å². The molecule has 0 saturated heterocycles. The first-order valence-electron chi connectivity index (χ1n) is 6.99. The van der Waals surface area contributed by atoms with Crippen molar-refractivity contribution in [3.8, 4) is 0 Å². The molecule has 1 amide bonds. The zero-order valence-electron chi connectivity index (χ0n) is 12.4. The van der Waals surface area contributed by atoms with Crippen LogP contribution < -0.4 is 5.32 Å². The minimum atomic E-state index is -0.167. The Labute approximate surface area is 145 Å². The van der Waals surface area contributed by atoms with Crippen molar-refractivity contribution in [3.05, 3.63) is 58.1 Å². The number of rotatable bonds is 5. The molecule has 0 unspecified atom stereocenters. The lowest BCUT2D eigenvalue weighted by Crippen LogP contribution is -2.24. The molecular weight excluding hydrogens is 337 g/mol. The molecule has 116 valence electrons. The van der Waals surface area contributed by atoms with Gasteiger partial charge in [-0.15, -0.1) is 11.8 Å². The molecule has 0 radical (unpaired) electrons. The lowest BCUT2D eigenvalue weighted by atomic mass is 10.2. The van der Waals surface area contributed by atoms with Gasteiger partial charge in [0.25, 0.3) is 0 Å². The molecular formula is C17H17Cl2NOS. The van der Waals surface area contributed by atoms with Crippen LogP contribution in [0.2, 0.25) is 10.0 Å². The maximum absolute atomic E-state index is 12.5. The first-order chi connectivity index (χ1) is 10.5. The number of amides is 1. The van der Waals surface area contributed by atoms with Crippen molar-refractivity contribution in [3.63, 3.8) is 0 Å². The van der Waals surface area contributed by atoms with Gasteiger partial charge in [-0.25, -0.2) is 0 Å². The number of nitrogens with one attached hydrogen (secondary N) is 1. The normalized spacial score (nSPS) is 12.0. The van der Waals surface area contributed by atoms with Gasteiger partial charge in [-0.05, 0) is 55.3 Å². The fraction of sp³-hybridized carbons (Fsp3) is 0.235. The molecule has 1 N–H and O–H groups in total. The summed E-state index contributed by atoms with van der Waals surface area (Å²) >= 11 is 13.5. The number of hydrogen-bond donors (Lipinski definition) is 1. The molecule has 0 fully saturated rings. The largest absolute Gasteiger partial charge is 0.325 e. The standard InChI is InChI=1S/C17H17Cl2NOS/c1-3-16(22-13-9-7-12(18)8-10-13)17(21)20-15-6-4-5-14(19)11(15)2/h4-10,16H,3H2,1-2H3,(H,20,21)/t16-/m0/s1. The maximum Gasteiger partial charge on any atom is 0.237 e. The Kier molecular flexibility index (Phi) is 6.18. The van der Waals surface area contributed by atoms with Gasteiger partial charge in [-0.3, -0.25) is 4.79 Å². The van der Waals surface area contributed by atoms with E-state index in [9.17, 15) is 4.79 Å². The molecule has 0 aliphatic heterocycles. The second-order valence-corrected chi connectivity index (χ2v) is 6.99. The number of hydrogen-bond acceptors (Lipinski definition) is 2. The van der Waals surface area contributed by atoms with Crippen LogP contribution in [-0.4, -0.2) is 11.2 Å². The lowest BCUT2D eigenvalue weighted by Gasteiger charge is -2.16. The summed E-state index contributed by atoms with van der Waals surface area (Å²) in [6.45, 7) is 3.89. The van der Waals surface area contributed by atoms with Gasteiger partial charge in [0.1, 0.15) is 0 Å². The van der Waals surface area contributed by atoms with Crippen molar-refractivity contribution in [2.24, 2.45) is 0 Å². The zero-order chi connectivity index (χ0) is 16.1. The zero-order valence-corrected chi connectivity index (χ0v) is 14.7. The Bertz CT molecular complexity index is 658. The molecule has 0 spiro atoms. The van der Waals surface area contributed by atoms with Gasteiger partial charge < -0.3 is 5.32 Å². The Morgan fingerprint density at radius 2 is 1.86 bits per heavy atom. The average molecular weight is 354 g/mol. The van der Waals surface area contributed by atoms with Crippen LogP contribution in [0.25, 0.3) is 0 Å². The van der Waals surface area contributed by atoms with Crippen molar-refractivity contribution in [1.29, 1.82) is 0 Å². The number of anilines is 1. The summed E-state index contributed by atoms with van der Waals surface area (Å²) in [4.78, 5) is 13.5. The molecule has 2 nitrogen and oxygen atoms in total. The van der Waals surface area contributed by atoms with Gasteiger partial charge in [-0.2, -0.15) is 0 Å². The minimum absolute atomic E-state index is 0.0205. The minimum Gasteiger partial charge on any atom is -0.325 e. The molecule has 2 aromatic carbocycles. The highest BCUT2D eigenvalue weighted by atomic mass is 35.5. The van der Waals surface area contributed by atoms with E-state index >= 15 is 0 Å². The molecule has 0 aliphatic carbocycles. The fourth-order valence-corrected chi connectivity index (χ4v) is 3.21. The van der Waals surface area contributed by atoms with Crippen molar-refractivity contribution in [1.82, 2.24) is 0 Å². The molecule has 0 heterocycles. The van der Waals surface area contributed by atoms with Crippen molar-refractivity contribution >= 4 is 46.6 Å². The van der Waals surface area contributed by atoms with Crippen LogP contribution in [-0.2, 0) is 4.79 Å². The van der Waals surface area contributed by atoms with Crippen LogP contribution >= 0.6 is 35.0 Å². The molecule has 5 heteroatoms. The Balaban J connectivity index is 2.08. The molecule has 0 aromatic heterocycles. The second-order valence-electron chi connectivity index (χ2n) is 4.87. The third-order valence-electron chi connectivity index (χ3n) is 3.28. The lowest BCUT2D eigenvalue weighted by molar-refractivity contribution is -0.115. The summed E-state index contributed by atoms with van der Waals surface area (Å²) < 4.78 is 0. The van der Waals surface area contributed by atoms with Crippen molar-refractivity contribution < 1.29 is 4.79 Å². The first kappa shape index (κ1) is 17.2. The van der Waals surface area contributed by atoms with Crippen molar-refractivity contribution in [2.45, 2.75) is 30.4 Å². The summed E-state index contributed by atoms with van der Waals surface area (Å²) in [5.41, 5.74) is 1.64. The summed E-state index contributed by atoms with van der Waals surface area (Å²) in [5.74, 6) is -0.0205. The molecule has 0 aliphatic rings. The number of carbonyl (C=O) groups excluding carboxylic acids is 1. The summed E-state index contributed by atoms with van der Waals surface area (Å²) in [7, 11) is 0. The summed E-state index contributed by atoms with van der Waals surface area (Å²) in [6.07, 6.45) is 0.735. The van der Waals surface area contributed by atoms with Crippen LogP contribution in [0.3, 0.4) is 0 Å². The number of halogens is 2. The first-order valence-corrected chi connectivity index (χ1v) is 8.63.